The zero-order chi connectivity index (χ0) is 24.7. The van der Waals surface area contributed by atoms with E-state index in [0.29, 0.717) is 24.4 Å². The molecule has 1 fully saturated rings. The number of likely N-dealkylation sites (tertiary alicyclic amines) is 1. The molecule has 0 unspecified atom stereocenters. The van der Waals surface area contributed by atoms with Crippen LogP contribution in [0, 0.1) is 0 Å². The quantitative estimate of drug-likeness (QED) is 0.375. The van der Waals surface area contributed by atoms with Gasteiger partial charge in [0.05, 0.1) is 11.9 Å². The van der Waals surface area contributed by atoms with Gasteiger partial charge in [-0.3, -0.25) is 24.6 Å². The number of nitrogens with one attached hydrogen (secondary N) is 2. The summed E-state index contributed by atoms with van der Waals surface area (Å²) in [7, 11) is 0. The minimum Gasteiger partial charge on any atom is -0.343 e. The minimum absolute atomic E-state index is 0.224. The molecular formula is C28H30N6O2. The van der Waals surface area contributed by atoms with E-state index in [1.54, 1.807) is 18.5 Å². The number of carbonyl (C=O) groups is 2. The summed E-state index contributed by atoms with van der Waals surface area (Å²) in [5.74, 6) is 0.425. The monoisotopic (exact) mass is 482 g/mol. The number of para-hydroxylation sites is 1. The molecule has 184 valence electrons. The predicted molar refractivity (Wildman–Crippen MR) is 139 cm³/mol. The van der Waals surface area contributed by atoms with Crippen LogP contribution in [0.4, 0.5) is 5.95 Å². The molecule has 1 aliphatic rings. The Morgan fingerprint density at radius 1 is 0.972 bits per heavy atom. The number of amides is 2. The van der Waals surface area contributed by atoms with E-state index in [4.69, 9.17) is 4.98 Å². The number of hydrogen-bond acceptors (Lipinski definition) is 4. The zero-order valence-corrected chi connectivity index (χ0v) is 20.2. The van der Waals surface area contributed by atoms with Gasteiger partial charge in [-0.05, 0) is 55.9 Å². The number of aryl methyl sites for hydroxylation is 1. The van der Waals surface area contributed by atoms with Gasteiger partial charge < -0.3 is 4.90 Å². The number of nitrogens with zero attached hydrogens (tertiary/aromatic N) is 4. The van der Waals surface area contributed by atoms with E-state index in [-0.39, 0.29) is 11.8 Å². The normalized spacial score (nSPS) is 13.5. The van der Waals surface area contributed by atoms with Crippen LogP contribution < -0.4 is 5.32 Å². The fourth-order valence-corrected chi connectivity index (χ4v) is 4.65. The van der Waals surface area contributed by atoms with Gasteiger partial charge in [-0.1, -0.05) is 36.4 Å². The summed E-state index contributed by atoms with van der Waals surface area (Å²) in [6.45, 7) is 1.75. The molecule has 2 aromatic carbocycles. The standard InChI is InChI=1S/C28H30N6O2/c35-26(33-16-7-2-8-17-33)15-9-10-22-20-34(23-11-3-1-4-12-23)28(31-22)32-27(36)25-14-6-5-13-24(25)21-18-29-30-19-21/h1,3-6,11-14,18-20H,2,7-10,15-17H2,(H,29,30)(H,31,32,36). The lowest BCUT2D eigenvalue weighted by Gasteiger charge is -2.26. The average Bonchev–Trinajstić information content (AvgIpc) is 3.60. The number of carbonyl (C=O) groups excluding carboxylic acids is 2. The average molecular weight is 483 g/mol. The fraction of sp³-hybridized carbons (Fsp3) is 0.286. The third-order valence-electron chi connectivity index (χ3n) is 6.53. The van der Waals surface area contributed by atoms with Crippen molar-refractivity contribution in [3.8, 4) is 16.8 Å². The smallest absolute Gasteiger partial charge is 0.258 e. The molecule has 2 aromatic heterocycles. The fourth-order valence-electron chi connectivity index (χ4n) is 4.65. The maximum Gasteiger partial charge on any atom is 0.258 e. The van der Waals surface area contributed by atoms with E-state index >= 15 is 0 Å². The molecule has 2 amide bonds. The summed E-state index contributed by atoms with van der Waals surface area (Å²) in [6.07, 6.45) is 10.7. The summed E-state index contributed by atoms with van der Waals surface area (Å²) in [5.41, 5.74) is 3.90. The number of anilines is 1. The molecular weight excluding hydrogens is 452 g/mol. The second-order valence-electron chi connectivity index (χ2n) is 9.04. The Balaban J connectivity index is 1.34. The van der Waals surface area contributed by atoms with Gasteiger partial charge in [0.25, 0.3) is 5.91 Å². The van der Waals surface area contributed by atoms with Crippen LogP contribution in [0.1, 0.15) is 48.2 Å². The molecule has 2 N–H and O–H groups in total. The highest BCUT2D eigenvalue weighted by atomic mass is 16.2. The summed E-state index contributed by atoms with van der Waals surface area (Å²) >= 11 is 0. The Labute approximate surface area is 210 Å². The molecule has 0 bridgehead atoms. The Hall–Kier alpha value is -4.20. The number of hydrogen-bond donors (Lipinski definition) is 2. The van der Waals surface area contributed by atoms with Gasteiger partial charge in [0.2, 0.25) is 11.9 Å². The lowest BCUT2D eigenvalue weighted by Crippen LogP contribution is -2.35. The first kappa shape index (κ1) is 23.5. The van der Waals surface area contributed by atoms with Crippen LogP contribution in [-0.4, -0.2) is 49.6 Å². The number of imidazole rings is 1. The van der Waals surface area contributed by atoms with Crippen molar-refractivity contribution >= 4 is 17.8 Å². The van der Waals surface area contributed by atoms with E-state index in [1.165, 1.54) is 6.42 Å². The van der Waals surface area contributed by atoms with E-state index < -0.39 is 0 Å². The number of benzene rings is 2. The predicted octanol–water partition coefficient (Wildman–Crippen LogP) is 4.85. The Morgan fingerprint density at radius 2 is 1.75 bits per heavy atom. The lowest BCUT2D eigenvalue weighted by atomic mass is 10.0. The van der Waals surface area contributed by atoms with E-state index in [2.05, 4.69) is 15.5 Å². The first-order chi connectivity index (χ1) is 17.7. The Morgan fingerprint density at radius 3 is 2.53 bits per heavy atom. The maximum absolute atomic E-state index is 13.4. The molecule has 5 rings (SSSR count). The molecule has 4 aromatic rings. The van der Waals surface area contributed by atoms with Gasteiger partial charge >= 0.3 is 0 Å². The van der Waals surface area contributed by atoms with Gasteiger partial charge in [-0.2, -0.15) is 5.10 Å². The number of aromatic amines is 1. The van der Waals surface area contributed by atoms with Crippen LogP contribution in [0.15, 0.2) is 73.2 Å². The van der Waals surface area contributed by atoms with Crippen LogP contribution in [0.5, 0.6) is 0 Å². The zero-order valence-electron chi connectivity index (χ0n) is 20.2. The number of piperidine rings is 1. The number of rotatable bonds is 8. The Bertz CT molecular complexity index is 1310. The highest BCUT2D eigenvalue weighted by molar-refractivity contribution is 6.08. The van der Waals surface area contributed by atoms with Crippen molar-refractivity contribution in [3.05, 3.63) is 84.4 Å². The second kappa shape index (κ2) is 11.0. The van der Waals surface area contributed by atoms with Crippen LogP contribution in [0.2, 0.25) is 0 Å². The van der Waals surface area contributed by atoms with Crippen molar-refractivity contribution in [2.75, 3.05) is 18.4 Å². The van der Waals surface area contributed by atoms with E-state index in [9.17, 15) is 9.59 Å². The third kappa shape index (κ3) is 5.38. The van der Waals surface area contributed by atoms with E-state index in [1.807, 2.05) is 64.2 Å². The molecule has 8 heteroatoms. The third-order valence-corrected chi connectivity index (χ3v) is 6.53. The molecule has 0 saturated carbocycles. The molecule has 1 aliphatic heterocycles. The van der Waals surface area contributed by atoms with E-state index in [0.717, 1.165) is 54.9 Å². The molecule has 0 atom stereocenters. The maximum atomic E-state index is 13.4. The van der Waals surface area contributed by atoms with Crippen LogP contribution in [0.25, 0.3) is 16.8 Å². The molecule has 8 nitrogen and oxygen atoms in total. The van der Waals surface area contributed by atoms with Crippen molar-refractivity contribution < 1.29 is 9.59 Å². The molecule has 0 aliphatic carbocycles. The van der Waals surface area contributed by atoms with Crippen molar-refractivity contribution in [2.24, 2.45) is 0 Å². The summed E-state index contributed by atoms with van der Waals surface area (Å²) in [4.78, 5) is 32.6. The molecule has 1 saturated heterocycles. The summed E-state index contributed by atoms with van der Waals surface area (Å²) in [5, 5.41) is 9.82. The molecule has 3 heterocycles. The van der Waals surface area contributed by atoms with Crippen LogP contribution >= 0.6 is 0 Å². The van der Waals surface area contributed by atoms with Crippen molar-refractivity contribution in [1.29, 1.82) is 0 Å². The summed E-state index contributed by atoms with van der Waals surface area (Å²) in [6, 6.07) is 17.2. The van der Waals surface area contributed by atoms with Crippen molar-refractivity contribution in [1.82, 2.24) is 24.6 Å². The second-order valence-corrected chi connectivity index (χ2v) is 9.04. The van der Waals surface area contributed by atoms with Crippen molar-refractivity contribution in [2.45, 2.75) is 38.5 Å². The van der Waals surface area contributed by atoms with Gasteiger partial charge in [0, 0.05) is 48.7 Å². The molecule has 0 radical (unpaired) electrons. The molecule has 0 spiro atoms. The van der Waals surface area contributed by atoms with Gasteiger partial charge in [0.1, 0.15) is 0 Å². The van der Waals surface area contributed by atoms with Crippen LogP contribution in [0.3, 0.4) is 0 Å². The first-order valence-corrected chi connectivity index (χ1v) is 12.5. The minimum atomic E-state index is -0.249. The Kier molecular flexibility index (Phi) is 7.21. The van der Waals surface area contributed by atoms with Crippen LogP contribution in [-0.2, 0) is 11.2 Å². The van der Waals surface area contributed by atoms with Gasteiger partial charge in [-0.25, -0.2) is 4.98 Å². The number of H-pyrrole nitrogens is 1. The number of aromatic nitrogens is 4. The molecule has 36 heavy (non-hydrogen) atoms. The van der Waals surface area contributed by atoms with Gasteiger partial charge in [-0.15, -0.1) is 0 Å². The largest absolute Gasteiger partial charge is 0.343 e. The first-order valence-electron chi connectivity index (χ1n) is 12.5. The van der Waals surface area contributed by atoms with Crippen molar-refractivity contribution in [3.63, 3.8) is 0 Å². The SMILES string of the molecule is O=C(Nc1nc(CCCC(=O)N2CCCCC2)cn1-c1ccccc1)c1ccccc1-c1cn[nH]c1. The highest BCUT2D eigenvalue weighted by Gasteiger charge is 2.19. The lowest BCUT2D eigenvalue weighted by molar-refractivity contribution is -0.132. The van der Waals surface area contributed by atoms with Gasteiger partial charge in [0.15, 0.2) is 0 Å². The highest BCUT2D eigenvalue weighted by Crippen LogP contribution is 2.25. The topological polar surface area (TPSA) is 95.9 Å². The summed E-state index contributed by atoms with van der Waals surface area (Å²) < 4.78 is 1.89.